The van der Waals surface area contributed by atoms with Crippen LogP contribution in [0.3, 0.4) is 0 Å². The summed E-state index contributed by atoms with van der Waals surface area (Å²) in [6.45, 7) is 1.39. The quantitative estimate of drug-likeness (QED) is 0.587. The number of aromatic nitrogens is 2. The number of piperidine rings is 1. The number of likely N-dealkylation sites (N-methyl/N-ethyl adjacent to an activating group) is 1. The summed E-state index contributed by atoms with van der Waals surface area (Å²) >= 11 is 0. The van der Waals surface area contributed by atoms with E-state index in [0.717, 1.165) is 48.2 Å². The Hall–Kier alpha value is -4.21. The Bertz CT molecular complexity index is 1330. The summed E-state index contributed by atoms with van der Waals surface area (Å²) in [5.41, 5.74) is 2.44. The van der Waals surface area contributed by atoms with Gasteiger partial charge in [0.25, 0.3) is 11.8 Å². The van der Waals surface area contributed by atoms with Crippen LogP contribution >= 0.6 is 0 Å². The lowest BCUT2D eigenvalue weighted by Gasteiger charge is -2.27. The first-order valence-electron chi connectivity index (χ1n) is 12.3. The summed E-state index contributed by atoms with van der Waals surface area (Å²) < 4.78 is 20.4. The summed E-state index contributed by atoms with van der Waals surface area (Å²) in [4.78, 5) is 42.2. The zero-order chi connectivity index (χ0) is 25.9. The predicted octanol–water partition coefficient (Wildman–Crippen LogP) is 3.22. The van der Waals surface area contributed by atoms with E-state index in [4.69, 9.17) is 4.74 Å². The highest BCUT2D eigenvalue weighted by Gasteiger charge is 2.32. The molecule has 1 aromatic heterocycles. The van der Waals surface area contributed by atoms with Gasteiger partial charge in [0, 0.05) is 38.3 Å². The Kier molecular flexibility index (Phi) is 6.89. The van der Waals surface area contributed by atoms with E-state index in [9.17, 15) is 18.8 Å². The topological polar surface area (TPSA) is 96.8 Å². The van der Waals surface area contributed by atoms with E-state index in [1.807, 2.05) is 4.90 Å². The zero-order valence-electron chi connectivity index (χ0n) is 20.5. The van der Waals surface area contributed by atoms with Crippen molar-refractivity contribution in [2.75, 3.05) is 31.6 Å². The second-order valence-electron chi connectivity index (χ2n) is 9.35. The van der Waals surface area contributed by atoms with Crippen LogP contribution in [-0.2, 0) is 11.2 Å². The van der Waals surface area contributed by atoms with Crippen molar-refractivity contribution in [3.63, 3.8) is 0 Å². The molecule has 1 saturated heterocycles. The van der Waals surface area contributed by atoms with Crippen LogP contribution in [0.4, 0.5) is 14.9 Å². The summed E-state index contributed by atoms with van der Waals surface area (Å²) in [6.07, 6.45) is 6.58. The van der Waals surface area contributed by atoms with Crippen molar-refractivity contribution >= 4 is 23.5 Å². The number of hydrogen-bond acceptors (Lipinski definition) is 5. The Morgan fingerprint density at radius 2 is 1.92 bits per heavy atom. The minimum Gasteiger partial charge on any atom is -0.489 e. The molecule has 0 aliphatic carbocycles. The molecule has 2 aromatic carbocycles. The van der Waals surface area contributed by atoms with Crippen molar-refractivity contribution in [1.82, 2.24) is 20.0 Å². The summed E-state index contributed by atoms with van der Waals surface area (Å²) in [5, 5.41) is 6.76. The second kappa shape index (κ2) is 10.4. The van der Waals surface area contributed by atoms with Crippen LogP contribution in [0.15, 0.2) is 54.9 Å². The first-order chi connectivity index (χ1) is 17.9. The molecule has 0 spiro atoms. The van der Waals surface area contributed by atoms with Crippen LogP contribution in [0, 0.1) is 5.82 Å². The van der Waals surface area contributed by atoms with Crippen molar-refractivity contribution in [1.29, 1.82) is 0 Å². The van der Waals surface area contributed by atoms with Gasteiger partial charge in [0.1, 0.15) is 24.2 Å². The van der Waals surface area contributed by atoms with Gasteiger partial charge in [0.05, 0.1) is 11.9 Å². The van der Waals surface area contributed by atoms with Crippen LogP contribution in [0.2, 0.25) is 0 Å². The molecule has 3 heterocycles. The number of anilines is 1. The van der Waals surface area contributed by atoms with Crippen molar-refractivity contribution in [3.05, 3.63) is 77.4 Å². The molecule has 1 fully saturated rings. The first-order valence-corrected chi connectivity index (χ1v) is 12.3. The summed E-state index contributed by atoms with van der Waals surface area (Å²) in [6, 6.07) is 9.73. The third-order valence-electron chi connectivity index (χ3n) is 6.68. The normalized spacial score (nSPS) is 17.6. The molecular weight excluding hydrogens is 477 g/mol. The molecule has 1 N–H and O–H groups in total. The SMILES string of the molecule is CN1C(=O)[C@@H](NC(=O)n2cc(Cc3cccc(F)c3)cn2)COc2ccc(C(=O)N3CCCCC3)cc21. The molecule has 9 nitrogen and oxygen atoms in total. The Balaban J connectivity index is 1.26. The average Bonchev–Trinajstić information content (AvgIpc) is 3.34. The van der Waals surface area contributed by atoms with Crippen molar-refractivity contribution in [2.24, 2.45) is 0 Å². The minimum absolute atomic E-state index is 0.0647. The third kappa shape index (κ3) is 5.32. The van der Waals surface area contributed by atoms with Crippen LogP contribution < -0.4 is 15.0 Å². The van der Waals surface area contributed by atoms with Gasteiger partial charge in [-0.25, -0.2) is 9.18 Å². The molecular formula is C27H28FN5O4. The number of nitrogens with zero attached hydrogens (tertiary/aromatic N) is 4. The number of likely N-dealkylation sites (tertiary alicyclic amines) is 1. The third-order valence-corrected chi connectivity index (χ3v) is 6.68. The van der Waals surface area contributed by atoms with Gasteiger partial charge in [-0.1, -0.05) is 12.1 Å². The molecule has 1 atom stereocenters. The number of nitrogens with one attached hydrogen (secondary N) is 1. The standard InChI is InChI=1S/C27H28FN5O4/c1-31-23-14-20(25(34)32-10-3-2-4-11-32)8-9-24(23)37-17-22(26(31)35)30-27(36)33-16-19(15-29-33)12-18-6-5-7-21(28)13-18/h5-9,13-16,22H,2-4,10-12,17H2,1H3,(H,30,36)/t22-/m0/s1. The molecule has 5 rings (SSSR count). The Labute approximate surface area is 213 Å². The molecule has 2 aliphatic rings. The minimum atomic E-state index is -0.956. The lowest BCUT2D eigenvalue weighted by molar-refractivity contribution is -0.120. The van der Waals surface area contributed by atoms with Crippen molar-refractivity contribution < 1.29 is 23.5 Å². The van der Waals surface area contributed by atoms with Crippen molar-refractivity contribution in [3.8, 4) is 5.75 Å². The van der Waals surface area contributed by atoms with Gasteiger partial charge < -0.3 is 19.9 Å². The smallest absolute Gasteiger partial charge is 0.342 e. The van der Waals surface area contributed by atoms with Gasteiger partial charge in [0.15, 0.2) is 0 Å². The van der Waals surface area contributed by atoms with Gasteiger partial charge >= 0.3 is 6.03 Å². The first kappa shape index (κ1) is 24.5. The van der Waals surface area contributed by atoms with Crippen molar-refractivity contribution in [2.45, 2.75) is 31.7 Å². The largest absolute Gasteiger partial charge is 0.489 e. The number of carbonyl (C=O) groups is 3. The second-order valence-corrected chi connectivity index (χ2v) is 9.35. The molecule has 0 unspecified atom stereocenters. The Morgan fingerprint density at radius 1 is 1.11 bits per heavy atom. The fourth-order valence-electron chi connectivity index (χ4n) is 4.67. The van der Waals surface area contributed by atoms with Gasteiger partial charge in [-0.3, -0.25) is 9.59 Å². The number of amides is 3. The van der Waals surface area contributed by atoms with Gasteiger partial charge in [-0.2, -0.15) is 9.78 Å². The summed E-state index contributed by atoms with van der Waals surface area (Å²) in [5.74, 6) is -0.311. The molecule has 0 bridgehead atoms. The lowest BCUT2D eigenvalue weighted by atomic mass is 10.1. The highest BCUT2D eigenvalue weighted by molar-refractivity contribution is 6.02. The van der Waals surface area contributed by atoms with E-state index in [0.29, 0.717) is 23.4 Å². The van der Waals surface area contributed by atoms with Gasteiger partial charge in [0.2, 0.25) is 0 Å². The molecule has 0 saturated carbocycles. The maximum atomic E-state index is 13.5. The van der Waals surface area contributed by atoms with E-state index >= 15 is 0 Å². The molecule has 37 heavy (non-hydrogen) atoms. The molecule has 2 aliphatic heterocycles. The van der Waals surface area contributed by atoms with Crippen LogP contribution in [0.1, 0.15) is 40.7 Å². The van der Waals surface area contributed by atoms with Gasteiger partial charge in [-0.05, 0) is 60.7 Å². The number of halogens is 1. The number of ether oxygens (including phenoxy) is 1. The maximum absolute atomic E-state index is 13.5. The van der Waals surface area contributed by atoms with Crippen LogP contribution in [0.5, 0.6) is 5.75 Å². The number of carbonyl (C=O) groups excluding carboxylic acids is 3. The molecule has 192 valence electrons. The van der Waals surface area contributed by atoms with E-state index < -0.39 is 12.1 Å². The molecule has 3 aromatic rings. The van der Waals surface area contributed by atoms with Crippen LogP contribution in [0.25, 0.3) is 0 Å². The van der Waals surface area contributed by atoms with E-state index in [1.54, 1.807) is 43.6 Å². The monoisotopic (exact) mass is 505 g/mol. The van der Waals surface area contributed by atoms with E-state index in [1.165, 1.54) is 23.2 Å². The molecule has 3 amide bonds. The highest BCUT2D eigenvalue weighted by Crippen LogP contribution is 2.32. The predicted molar refractivity (Wildman–Crippen MR) is 134 cm³/mol. The number of rotatable bonds is 4. The lowest BCUT2D eigenvalue weighted by Crippen LogP contribution is -2.50. The summed E-state index contributed by atoms with van der Waals surface area (Å²) in [7, 11) is 1.59. The molecule has 0 radical (unpaired) electrons. The number of hydrogen-bond donors (Lipinski definition) is 1. The fraction of sp³-hybridized carbons (Fsp3) is 0.333. The molecule has 10 heteroatoms. The zero-order valence-corrected chi connectivity index (χ0v) is 20.5. The fourth-order valence-corrected chi connectivity index (χ4v) is 4.67. The van der Waals surface area contributed by atoms with Crippen LogP contribution in [-0.4, -0.2) is 65.3 Å². The number of benzene rings is 2. The van der Waals surface area contributed by atoms with E-state index in [-0.39, 0.29) is 24.2 Å². The average molecular weight is 506 g/mol. The highest BCUT2D eigenvalue weighted by atomic mass is 19.1. The number of fused-ring (bicyclic) bond motifs is 1. The Morgan fingerprint density at radius 3 is 2.70 bits per heavy atom. The van der Waals surface area contributed by atoms with E-state index in [2.05, 4.69) is 10.4 Å². The maximum Gasteiger partial charge on any atom is 0.342 e. The van der Waals surface area contributed by atoms with Gasteiger partial charge in [-0.15, -0.1) is 0 Å².